The van der Waals surface area contributed by atoms with E-state index in [1.807, 2.05) is 6.92 Å². The first-order chi connectivity index (χ1) is 6.81. The van der Waals surface area contributed by atoms with Gasteiger partial charge < -0.3 is 9.84 Å². The van der Waals surface area contributed by atoms with Crippen molar-refractivity contribution >= 4 is 12.4 Å². The first-order valence-electron chi connectivity index (χ1n) is 5.37. The first-order valence-corrected chi connectivity index (χ1v) is 5.37. The van der Waals surface area contributed by atoms with Crippen LogP contribution >= 0.6 is 12.4 Å². The average Bonchev–Trinajstić information content (AvgIpc) is 2.73. The third-order valence-corrected chi connectivity index (χ3v) is 3.38. The highest BCUT2D eigenvalue weighted by molar-refractivity contribution is 5.85. The molecular formula is C10H16ClN3O. The van der Waals surface area contributed by atoms with Crippen LogP contribution in [0.1, 0.15) is 43.3 Å². The Balaban J connectivity index is 0.000000853. The molecule has 0 radical (unpaired) electrons. The standard InChI is InChI=1S/C10H15N3O.ClH/c1-6-11-10(13-14-6)7-4-8-2-3-9(5-7)12-8;/h7-9,12H,2-5H2,1H3;1H. The van der Waals surface area contributed by atoms with Crippen molar-refractivity contribution in [1.29, 1.82) is 0 Å². The smallest absolute Gasteiger partial charge is 0.223 e. The molecule has 2 atom stereocenters. The van der Waals surface area contributed by atoms with Crippen LogP contribution in [0.25, 0.3) is 0 Å². The topological polar surface area (TPSA) is 51.0 Å². The summed E-state index contributed by atoms with van der Waals surface area (Å²) in [6, 6.07) is 1.38. The van der Waals surface area contributed by atoms with Crippen molar-refractivity contribution in [2.45, 2.75) is 50.6 Å². The van der Waals surface area contributed by atoms with Crippen molar-refractivity contribution in [3.63, 3.8) is 0 Å². The lowest BCUT2D eigenvalue weighted by atomic mass is 9.92. The Kier molecular flexibility index (Phi) is 2.98. The average molecular weight is 230 g/mol. The monoisotopic (exact) mass is 229 g/mol. The van der Waals surface area contributed by atoms with Gasteiger partial charge in [0.15, 0.2) is 5.82 Å². The maximum atomic E-state index is 5.03. The second kappa shape index (κ2) is 4.10. The van der Waals surface area contributed by atoms with Gasteiger partial charge in [0.25, 0.3) is 0 Å². The molecule has 1 N–H and O–H groups in total. The van der Waals surface area contributed by atoms with Gasteiger partial charge in [-0.3, -0.25) is 0 Å². The fourth-order valence-electron chi connectivity index (χ4n) is 2.75. The van der Waals surface area contributed by atoms with E-state index in [0.717, 1.165) is 5.82 Å². The van der Waals surface area contributed by atoms with Crippen molar-refractivity contribution in [1.82, 2.24) is 15.5 Å². The number of aryl methyl sites for hydroxylation is 1. The molecule has 0 aromatic carbocycles. The zero-order valence-corrected chi connectivity index (χ0v) is 9.59. The van der Waals surface area contributed by atoms with E-state index in [2.05, 4.69) is 15.5 Å². The summed E-state index contributed by atoms with van der Waals surface area (Å²) >= 11 is 0. The van der Waals surface area contributed by atoms with Crippen LogP contribution in [-0.2, 0) is 0 Å². The van der Waals surface area contributed by atoms with E-state index in [4.69, 9.17) is 4.52 Å². The number of nitrogens with zero attached hydrogens (tertiary/aromatic N) is 2. The molecule has 0 saturated carbocycles. The summed E-state index contributed by atoms with van der Waals surface area (Å²) in [5.74, 6) is 2.12. The molecule has 0 aliphatic carbocycles. The van der Waals surface area contributed by atoms with Crippen LogP contribution in [0.3, 0.4) is 0 Å². The van der Waals surface area contributed by atoms with Gasteiger partial charge in [0.05, 0.1) is 0 Å². The number of piperidine rings is 1. The van der Waals surface area contributed by atoms with E-state index in [-0.39, 0.29) is 12.4 Å². The summed E-state index contributed by atoms with van der Waals surface area (Å²) in [5, 5.41) is 7.63. The summed E-state index contributed by atoms with van der Waals surface area (Å²) in [7, 11) is 0. The van der Waals surface area contributed by atoms with Gasteiger partial charge in [-0.05, 0) is 25.7 Å². The van der Waals surface area contributed by atoms with Crippen LogP contribution in [0.5, 0.6) is 0 Å². The highest BCUT2D eigenvalue weighted by atomic mass is 35.5. The highest BCUT2D eigenvalue weighted by Crippen LogP contribution is 2.35. The van der Waals surface area contributed by atoms with Crippen molar-refractivity contribution in [3.8, 4) is 0 Å². The fourth-order valence-corrected chi connectivity index (χ4v) is 2.75. The minimum atomic E-state index is 0. The molecule has 1 aromatic rings. The molecule has 2 bridgehead atoms. The van der Waals surface area contributed by atoms with Gasteiger partial charge in [-0.25, -0.2) is 0 Å². The van der Waals surface area contributed by atoms with Gasteiger partial charge in [-0.1, -0.05) is 5.16 Å². The maximum Gasteiger partial charge on any atom is 0.223 e. The summed E-state index contributed by atoms with van der Waals surface area (Å²) < 4.78 is 5.03. The van der Waals surface area contributed by atoms with Crippen LogP contribution in [0, 0.1) is 6.92 Å². The molecule has 3 rings (SSSR count). The predicted octanol–water partition coefficient (Wildman–Crippen LogP) is 1.80. The second-order valence-corrected chi connectivity index (χ2v) is 4.48. The van der Waals surface area contributed by atoms with Gasteiger partial charge in [0, 0.05) is 24.9 Å². The van der Waals surface area contributed by atoms with E-state index < -0.39 is 0 Å². The summed E-state index contributed by atoms with van der Waals surface area (Å²) in [6.07, 6.45) is 4.99. The maximum absolute atomic E-state index is 5.03. The molecule has 2 aliphatic rings. The van der Waals surface area contributed by atoms with Crippen molar-refractivity contribution in [2.75, 3.05) is 0 Å². The number of halogens is 1. The molecule has 15 heavy (non-hydrogen) atoms. The summed E-state index contributed by atoms with van der Waals surface area (Å²) in [4.78, 5) is 4.33. The molecule has 84 valence electrons. The number of aromatic nitrogens is 2. The Bertz CT molecular complexity index is 329. The van der Waals surface area contributed by atoms with Crippen LogP contribution < -0.4 is 5.32 Å². The molecule has 4 nitrogen and oxygen atoms in total. The van der Waals surface area contributed by atoms with Crippen LogP contribution in [0.4, 0.5) is 0 Å². The van der Waals surface area contributed by atoms with Gasteiger partial charge in [-0.15, -0.1) is 12.4 Å². The highest BCUT2D eigenvalue weighted by Gasteiger charge is 2.35. The van der Waals surface area contributed by atoms with Crippen LogP contribution in [0.15, 0.2) is 4.52 Å². The minimum Gasteiger partial charge on any atom is -0.340 e. The predicted molar refractivity (Wildman–Crippen MR) is 58.2 cm³/mol. The lowest BCUT2D eigenvalue weighted by Crippen LogP contribution is -2.37. The molecule has 5 heteroatoms. The Morgan fingerprint density at radius 1 is 1.27 bits per heavy atom. The van der Waals surface area contributed by atoms with Gasteiger partial charge in [0.2, 0.25) is 5.89 Å². The van der Waals surface area contributed by atoms with Gasteiger partial charge in [-0.2, -0.15) is 4.98 Å². The van der Waals surface area contributed by atoms with Crippen LogP contribution in [-0.4, -0.2) is 22.2 Å². The molecule has 2 fully saturated rings. The lowest BCUT2D eigenvalue weighted by molar-refractivity contribution is 0.335. The molecular weight excluding hydrogens is 214 g/mol. The molecule has 2 aliphatic heterocycles. The third-order valence-electron chi connectivity index (χ3n) is 3.38. The van der Waals surface area contributed by atoms with E-state index in [0.29, 0.717) is 23.9 Å². The molecule has 3 heterocycles. The number of nitrogens with one attached hydrogen (secondary N) is 1. The molecule has 2 unspecified atom stereocenters. The zero-order valence-electron chi connectivity index (χ0n) is 8.77. The lowest BCUT2D eigenvalue weighted by Gasteiger charge is -2.26. The zero-order chi connectivity index (χ0) is 9.54. The number of rotatable bonds is 1. The Morgan fingerprint density at radius 2 is 1.93 bits per heavy atom. The van der Waals surface area contributed by atoms with E-state index in [1.165, 1.54) is 25.7 Å². The summed E-state index contributed by atoms with van der Waals surface area (Å²) in [5.41, 5.74) is 0. The van der Waals surface area contributed by atoms with Gasteiger partial charge in [0.1, 0.15) is 0 Å². The number of hydrogen-bond acceptors (Lipinski definition) is 4. The SMILES string of the molecule is Cc1nc(C2CC3CCC(C2)N3)no1.Cl. The summed E-state index contributed by atoms with van der Waals surface area (Å²) in [6.45, 7) is 1.85. The molecule has 0 amide bonds. The second-order valence-electron chi connectivity index (χ2n) is 4.48. The largest absolute Gasteiger partial charge is 0.340 e. The Labute approximate surface area is 95.2 Å². The first kappa shape index (κ1) is 10.9. The third kappa shape index (κ3) is 2.01. The normalized spacial score (nSPS) is 33.8. The van der Waals surface area contributed by atoms with Crippen molar-refractivity contribution in [3.05, 3.63) is 11.7 Å². The van der Waals surface area contributed by atoms with E-state index >= 15 is 0 Å². The number of hydrogen-bond donors (Lipinski definition) is 1. The Hall–Kier alpha value is -0.610. The molecule has 1 aromatic heterocycles. The minimum absolute atomic E-state index is 0. The Morgan fingerprint density at radius 3 is 2.47 bits per heavy atom. The van der Waals surface area contributed by atoms with Crippen LogP contribution in [0.2, 0.25) is 0 Å². The van der Waals surface area contributed by atoms with Gasteiger partial charge >= 0.3 is 0 Å². The molecule has 2 saturated heterocycles. The molecule has 0 spiro atoms. The quantitative estimate of drug-likeness (QED) is 0.798. The van der Waals surface area contributed by atoms with Crippen molar-refractivity contribution in [2.24, 2.45) is 0 Å². The fraction of sp³-hybridized carbons (Fsp3) is 0.800. The number of fused-ring (bicyclic) bond motifs is 2. The van der Waals surface area contributed by atoms with E-state index in [1.54, 1.807) is 0 Å². The van der Waals surface area contributed by atoms with E-state index in [9.17, 15) is 0 Å². The van der Waals surface area contributed by atoms with Crippen molar-refractivity contribution < 1.29 is 4.52 Å².